The summed E-state index contributed by atoms with van der Waals surface area (Å²) in [5.41, 5.74) is 0.660. The van der Waals surface area contributed by atoms with Gasteiger partial charge in [0.2, 0.25) is 0 Å². The molecule has 0 aromatic heterocycles. The van der Waals surface area contributed by atoms with E-state index in [1.807, 2.05) is 0 Å². The van der Waals surface area contributed by atoms with E-state index in [4.69, 9.17) is 0 Å². The first kappa shape index (κ1) is 7.60. The van der Waals surface area contributed by atoms with Crippen molar-refractivity contribution in [3.05, 3.63) is 0 Å². The van der Waals surface area contributed by atoms with Gasteiger partial charge in [0.05, 0.1) is 0 Å². The molecule has 2 aliphatic carbocycles. The molecule has 0 radical (unpaired) electrons. The molecule has 11 heavy (non-hydrogen) atoms. The Labute approximate surface area is 69.6 Å². The van der Waals surface area contributed by atoms with Crippen molar-refractivity contribution < 1.29 is 0 Å². The zero-order valence-electron chi connectivity index (χ0n) is 8.02. The standard InChI is InChI=1S/C10H19N/c1-6-7(2)9(6)10(3)5-8(10)11-4/h6-9,11H,5H2,1-4H3. The highest BCUT2D eigenvalue weighted by Gasteiger charge is 2.64. The van der Waals surface area contributed by atoms with E-state index in [1.165, 1.54) is 6.42 Å². The second-order valence-electron chi connectivity index (χ2n) is 4.80. The monoisotopic (exact) mass is 153 g/mol. The molecular weight excluding hydrogens is 134 g/mol. The van der Waals surface area contributed by atoms with Crippen LogP contribution in [0.3, 0.4) is 0 Å². The minimum atomic E-state index is 0.660. The van der Waals surface area contributed by atoms with Gasteiger partial charge in [-0.25, -0.2) is 0 Å². The van der Waals surface area contributed by atoms with E-state index in [0.29, 0.717) is 5.41 Å². The molecule has 4 unspecified atom stereocenters. The molecule has 64 valence electrons. The molecule has 0 saturated heterocycles. The summed E-state index contributed by atoms with van der Waals surface area (Å²) in [5, 5.41) is 3.39. The van der Waals surface area contributed by atoms with Crippen LogP contribution in [0, 0.1) is 23.2 Å². The molecule has 1 heteroatoms. The molecule has 0 amide bonds. The highest BCUT2D eigenvalue weighted by molar-refractivity contribution is 5.16. The van der Waals surface area contributed by atoms with Gasteiger partial charge in [0.15, 0.2) is 0 Å². The zero-order chi connectivity index (χ0) is 8.22. The summed E-state index contributed by atoms with van der Waals surface area (Å²) >= 11 is 0. The first-order valence-corrected chi connectivity index (χ1v) is 4.78. The topological polar surface area (TPSA) is 12.0 Å². The average Bonchev–Trinajstić information content (AvgIpc) is 2.76. The summed E-state index contributed by atoms with van der Waals surface area (Å²) in [6, 6.07) is 0.819. The van der Waals surface area contributed by atoms with Gasteiger partial charge in [0, 0.05) is 6.04 Å². The Morgan fingerprint density at radius 3 is 2.09 bits per heavy atom. The van der Waals surface area contributed by atoms with Gasteiger partial charge in [-0.15, -0.1) is 0 Å². The number of rotatable bonds is 2. The summed E-state index contributed by atoms with van der Waals surface area (Å²) in [6.07, 6.45) is 1.41. The molecule has 2 fully saturated rings. The van der Waals surface area contributed by atoms with Gasteiger partial charge in [0.1, 0.15) is 0 Å². The molecule has 0 aliphatic heterocycles. The van der Waals surface area contributed by atoms with Crippen molar-refractivity contribution in [3.8, 4) is 0 Å². The third-order valence-corrected chi connectivity index (χ3v) is 4.21. The van der Waals surface area contributed by atoms with Gasteiger partial charge < -0.3 is 5.32 Å². The molecule has 2 rings (SSSR count). The van der Waals surface area contributed by atoms with Crippen LogP contribution >= 0.6 is 0 Å². The Morgan fingerprint density at radius 2 is 1.82 bits per heavy atom. The fraction of sp³-hybridized carbons (Fsp3) is 1.00. The van der Waals surface area contributed by atoms with E-state index in [1.54, 1.807) is 0 Å². The van der Waals surface area contributed by atoms with Gasteiger partial charge in [0.25, 0.3) is 0 Å². The Balaban J connectivity index is 1.98. The van der Waals surface area contributed by atoms with Crippen LogP contribution in [0.15, 0.2) is 0 Å². The Hall–Kier alpha value is -0.0400. The highest BCUT2D eigenvalue weighted by atomic mass is 15.0. The molecule has 0 aromatic carbocycles. The molecule has 0 bridgehead atoms. The number of hydrogen-bond acceptors (Lipinski definition) is 1. The highest BCUT2D eigenvalue weighted by Crippen LogP contribution is 2.66. The molecule has 4 atom stereocenters. The van der Waals surface area contributed by atoms with E-state index in [2.05, 4.69) is 33.1 Å². The first-order valence-electron chi connectivity index (χ1n) is 4.78. The van der Waals surface area contributed by atoms with Gasteiger partial charge >= 0.3 is 0 Å². The van der Waals surface area contributed by atoms with E-state index in [9.17, 15) is 0 Å². The smallest absolute Gasteiger partial charge is 0.0127 e. The molecular formula is C10H19N. The summed E-state index contributed by atoms with van der Waals surface area (Å²) in [4.78, 5) is 0. The lowest BCUT2D eigenvalue weighted by molar-refractivity contribution is 0.415. The van der Waals surface area contributed by atoms with Crippen LogP contribution in [0.1, 0.15) is 27.2 Å². The van der Waals surface area contributed by atoms with Gasteiger partial charge in [-0.3, -0.25) is 0 Å². The van der Waals surface area contributed by atoms with Gasteiger partial charge in [-0.2, -0.15) is 0 Å². The van der Waals surface area contributed by atoms with E-state index in [0.717, 1.165) is 23.8 Å². The average molecular weight is 153 g/mol. The number of nitrogens with one attached hydrogen (secondary N) is 1. The van der Waals surface area contributed by atoms with E-state index < -0.39 is 0 Å². The molecule has 2 aliphatic rings. The molecule has 0 spiro atoms. The Morgan fingerprint density at radius 1 is 1.27 bits per heavy atom. The van der Waals surface area contributed by atoms with Crippen molar-refractivity contribution in [2.75, 3.05) is 7.05 Å². The van der Waals surface area contributed by atoms with Crippen molar-refractivity contribution in [1.29, 1.82) is 0 Å². The van der Waals surface area contributed by atoms with Crippen molar-refractivity contribution in [2.24, 2.45) is 23.2 Å². The van der Waals surface area contributed by atoms with Crippen LogP contribution in [0.5, 0.6) is 0 Å². The minimum absolute atomic E-state index is 0.660. The predicted molar refractivity (Wildman–Crippen MR) is 47.4 cm³/mol. The minimum Gasteiger partial charge on any atom is -0.316 e. The van der Waals surface area contributed by atoms with Crippen LogP contribution in [0.2, 0.25) is 0 Å². The SMILES string of the molecule is CNC1CC1(C)C1C(C)C1C. The maximum absolute atomic E-state index is 3.39. The maximum Gasteiger partial charge on any atom is 0.0127 e. The van der Waals surface area contributed by atoms with Crippen molar-refractivity contribution in [2.45, 2.75) is 33.2 Å². The maximum atomic E-state index is 3.39. The fourth-order valence-electron chi connectivity index (χ4n) is 3.04. The second kappa shape index (κ2) is 2.01. The van der Waals surface area contributed by atoms with Crippen molar-refractivity contribution in [3.63, 3.8) is 0 Å². The molecule has 1 nitrogen and oxygen atoms in total. The molecule has 0 aromatic rings. The normalized spacial score (nSPS) is 61.1. The van der Waals surface area contributed by atoms with Crippen LogP contribution in [0.25, 0.3) is 0 Å². The fourth-order valence-corrected chi connectivity index (χ4v) is 3.04. The summed E-state index contributed by atoms with van der Waals surface area (Å²) in [6.45, 7) is 7.23. The lowest BCUT2D eigenvalue weighted by Crippen LogP contribution is -2.18. The summed E-state index contributed by atoms with van der Waals surface area (Å²) in [7, 11) is 2.09. The van der Waals surface area contributed by atoms with Crippen molar-refractivity contribution in [1.82, 2.24) is 5.32 Å². The van der Waals surface area contributed by atoms with Crippen LogP contribution in [0.4, 0.5) is 0 Å². The van der Waals surface area contributed by atoms with Crippen LogP contribution in [-0.2, 0) is 0 Å². The Bertz CT molecular complexity index is 170. The lowest BCUT2D eigenvalue weighted by Gasteiger charge is -2.09. The van der Waals surface area contributed by atoms with Gasteiger partial charge in [-0.1, -0.05) is 20.8 Å². The Kier molecular flexibility index (Phi) is 1.39. The summed E-state index contributed by atoms with van der Waals surface area (Å²) in [5.74, 6) is 2.98. The van der Waals surface area contributed by atoms with Crippen LogP contribution in [-0.4, -0.2) is 13.1 Å². The largest absolute Gasteiger partial charge is 0.316 e. The quantitative estimate of drug-likeness (QED) is 0.639. The molecule has 0 heterocycles. The summed E-state index contributed by atoms with van der Waals surface area (Å²) < 4.78 is 0. The third kappa shape index (κ3) is 0.868. The first-order chi connectivity index (χ1) is 5.11. The predicted octanol–water partition coefficient (Wildman–Crippen LogP) is 1.89. The van der Waals surface area contributed by atoms with E-state index >= 15 is 0 Å². The zero-order valence-corrected chi connectivity index (χ0v) is 8.02. The van der Waals surface area contributed by atoms with Crippen LogP contribution < -0.4 is 5.32 Å². The van der Waals surface area contributed by atoms with Gasteiger partial charge in [-0.05, 0) is 36.6 Å². The van der Waals surface area contributed by atoms with E-state index in [-0.39, 0.29) is 0 Å². The molecule has 1 N–H and O–H groups in total. The third-order valence-electron chi connectivity index (χ3n) is 4.21. The van der Waals surface area contributed by atoms with Crippen molar-refractivity contribution >= 4 is 0 Å². The second-order valence-corrected chi connectivity index (χ2v) is 4.80. The number of hydrogen-bond donors (Lipinski definition) is 1. The molecule has 2 saturated carbocycles. The lowest BCUT2D eigenvalue weighted by atomic mass is 10.00.